The lowest BCUT2D eigenvalue weighted by Gasteiger charge is -2.32. The maximum Gasteiger partial charge on any atom is 0.309 e. The molecule has 27 heavy (non-hydrogen) atoms. The number of rotatable bonds is 6. The van der Waals surface area contributed by atoms with Crippen molar-refractivity contribution in [3.63, 3.8) is 0 Å². The van der Waals surface area contributed by atoms with Crippen LogP contribution in [-0.2, 0) is 9.59 Å². The quantitative estimate of drug-likeness (QED) is 0.596. The normalized spacial score (nSPS) is 17.9. The lowest BCUT2D eigenvalue weighted by molar-refractivity contribution is -0.139. The van der Waals surface area contributed by atoms with Crippen molar-refractivity contribution in [2.75, 3.05) is 31.1 Å². The van der Waals surface area contributed by atoms with Gasteiger partial charge in [0.25, 0.3) is 0 Å². The highest BCUT2D eigenvalue weighted by Crippen LogP contribution is 2.21. The second-order valence-electron chi connectivity index (χ2n) is 7.44. The van der Waals surface area contributed by atoms with Gasteiger partial charge in [-0.05, 0) is 63.0 Å². The van der Waals surface area contributed by atoms with Crippen LogP contribution in [0.2, 0.25) is 0 Å². The molecule has 2 amide bonds. The smallest absolute Gasteiger partial charge is 0.309 e. The van der Waals surface area contributed by atoms with Gasteiger partial charge in [-0.2, -0.15) is 0 Å². The van der Waals surface area contributed by atoms with E-state index >= 15 is 0 Å². The number of carbonyl (C=O) groups is 2. The number of carbonyl (C=O) groups excluding carboxylic acids is 2. The number of anilines is 1. The van der Waals surface area contributed by atoms with Gasteiger partial charge in [-0.1, -0.05) is 17.7 Å². The number of aromatic nitrogens is 1. The third-order valence-corrected chi connectivity index (χ3v) is 5.46. The summed E-state index contributed by atoms with van der Waals surface area (Å²) in [6.07, 6.45) is 11.7. The Morgan fingerprint density at radius 3 is 2.63 bits per heavy atom. The molecule has 3 rings (SSSR count). The molecule has 2 aliphatic rings. The van der Waals surface area contributed by atoms with Gasteiger partial charge in [0.1, 0.15) is 5.82 Å². The van der Waals surface area contributed by atoms with E-state index in [0.29, 0.717) is 19.0 Å². The van der Waals surface area contributed by atoms with Crippen molar-refractivity contribution in [2.45, 2.75) is 44.9 Å². The van der Waals surface area contributed by atoms with Crippen LogP contribution in [0, 0.1) is 5.92 Å². The van der Waals surface area contributed by atoms with Gasteiger partial charge >= 0.3 is 11.8 Å². The van der Waals surface area contributed by atoms with Crippen LogP contribution < -0.4 is 15.5 Å². The average molecular weight is 370 g/mol. The third-order valence-electron chi connectivity index (χ3n) is 5.46. The lowest BCUT2D eigenvalue weighted by Crippen LogP contribution is -2.44. The molecular formula is C21H30N4O2. The molecule has 0 radical (unpaired) electrons. The topological polar surface area (TPSA) is 74.3 Å². The van der Waals surface area contributed by atoms with E-state index in [1.807, 2.05) is 24.4 Å². The number of hydrogen-bond donors (Lipinski definition) is 2. The summed E-state index contributed by atoms with van der Waals surface area (Å²) < 4.78 is 0. The number of hydrogen-bond acceptors (Lipinski definition) is 4. The largest absolute Gasteiger partial charge is 0.357 e. The highest BCUT2D eigenvalue weighted by atomic mass is 16.2. The molecule has 1 aliphatic carbocycles. The minimum atomic E-state index is -0.516. The zero-order valence-corrected chi connectivity index (χ0v) is 16.0. The summed E-state index contributed by atoms with van der Waals surface area (Å²) in [6.45, 7) is 2.96. The van der Waals surface area contributed by atoms with Crippen LogP contribution in [0.3, 0.4) is 0 Å². The Bertz CT molecular complexity index is 651. The van der Waals surface area contributed by atoms with E-state index in [4.69, 9.17) is 0 Å². The molecule has 0 unspecified atom stereocenters. The molecule has 0 bridgehead atoms. The summed E-state index contributed by atoms with van der Waals surface area (Å²) >= 11 is 0. The molecule has 1 fully saturated rings. The Morgan fingerprint density at radius 1 is 1.11 bits per heavy atom. The Balaban J connectivity index is 1.31. The van der Waals surface area contributed by atoms with E-state index in [2.05, 4.69) is 26.6 Å². The van der Waals surface area contributed by atoms with Gasteiger partial charge in [-0.25, -0.2) is 4.98 Å². The van der Waals surface area contributed by atoms with Crippen LogP contribution in [-0.4, -0.2) is 43.0 Å². The number of pyridine rings is 1. The lowest BCUT2D eigenvalue weighted by atomic mass is 9.96. The molecule has 2 heterocycles. The summed E-state index contributed by atoms with van der Waals surface area (Å²) in [5.41, 5.74) is 1.40. The third kappa shape index (κ3) is 6.08. The van der Waals surface area contributed by atoms with E-state index in [1.54, 1.807) is 0 Å². The number of nitrogens with zero attached hydrogens (tertiary/aromatic N) is 2. The molecule has 6 heteroatoms. The van der Waals surface area contributed by atoms with Crippen molar-refractivity contribution in [3.8, 4) is 0 Å². The zero-order valence-electron chi connectivity index (χ0n) is 16.0. The first kappa shape index (κ1) is 19.4. The minimum Gasteiger partial charge on any atom is -0.357 e. The summed E-state index contributed by atoms with van der Waals surface area (Å²) in [7, 11) is 0. The Hall–Kier alpha value is -2.37. The molecule has 1 aromatic heterocycles. The molecular weight excluding hydrogens is 340 g/mol. The fraction of sp³-hybridized carbons (Fsp3) is 0.571. The van der Waals surface area contributed by atoms with Gasteiger partial charge in [-0.3, -0.25) is 9.59 Å². The second-order valence-corrected chi connectivity index (χ2v) is 7.44. The van der Waals surface area contributed by atoms with E-state index in [1.165, 1.54) is 18.4 Å². The first-order valence-corrected chi connectivity index (χ1v) is 10.1. The molecule has 1 aliphatic heterocycles. The Kier molecular flexibility index (Phi) is 7.25. The van der Waals surface area contributed by atoms with Crippen LogP contribution in [0.15, 0.2) is 36.0 Å². The van der Waals surface area contributed by atoms with Crippen LogP contribution in [0.25, 0.3) is 0 Å². The maximum atomic E-state index is 12.0. The number of amides is 2. The number of allylic oxidation sites excluding steroid dienone is 1. The van der Waals surface area contributed by atoms with Crippen LogP contribution in [0.4, 0.5) is 5.82 Å². The number of piperidine rings is 1. The Morgan fingerprint density at radius 2 is 1.93 bits per heavy atom. The van der Waals surface area contributed by atoms with Crippen molar-refractivity contribution in [2.24, 2.45) is 5.92 Å². The first-order valence-electron chi connectivity index (χ1n) is 10.1. The highest BCUT2D eigenvalue weighted by Gasteiger charge is 2.21. The Labute approximate surface area is 161 Å². The van der Waals surface area contributed by atoms with E-state index < -0.39 is 11.8 Å². The van der Waals surface area contributed by atoms with E-state index in [9.17, 15) is 9.59 Å². The van der Waals surface area contributed by atoms with E-state index in [-0.39, 0.29) is 0 Å². The van der Waals surface area contributed by atoms with Gasteiger partial charge in [0.15, 0.2) is 0 Å². The molecule has 0 spiro atoms. The predicted octanol–water partition coefficient (Wildman–Crippen LogP) is 2.42. The predicted molar refractivity (Wildman–Crippen MR) is 106 cm³/mol. The van der Waals surface area contributed by atoms with Crippen LogP contribution >= 0.6 is 0 Å². The van der Waals surface area contributed by atoms with Crippen molar-refractivity contribution in [1.82, 2.24) is 15.6 Å². The van der Waals surface area contributed by atoms with Crippen molar-refractivity contribution < 1.29 is 9.59 Å². The highest BCUT2D eigenvalue weighted by molar-refractivity contribution is 6.35. The van der Waals surface area contributed by atoms with Crippen molar-refractivity contribution in [3.05, 3.63) is 36.0 Å². The molecule has 6 nitrogen and oxygen atoms in total. The fourth-order valence-electron chi connectivity index (χ4n) is 3.77. The monoisotopic (exact) mass is 370 g/mol. The molecule has 146 valence electrons. The molecule has 0 atom stereocenters. The van der Waals surface area contributed by atoms with Crippen molar-refractivity contribution in [1.29, 1.82) is 0 Å². The second kappa shape index (κ2) is 10.1. The van der Waals surface area contributed by atoms with Gasteiger partial charge in [0.05, 0.1) is 0 Å². The molecule has 1 aromatic rings. The van der Waals surface area contributed by atoms with Gasteiger partial charge in [0, 0.05) is 32.4 Å². The van der Waals surface area contributed by atoms with Crippen molar-refractivity contribution >= 4 is 17.6 Å². The maximum absolute atomic E-state index is 12.0. The van der Waals surface area contributed by atoms with Crippen LogP contribution in [0.5, 0.6) is 0 Å². The standard InChI is InChI=1S/C21H30N4O2/c26-20(23-13-9-17-6-2-1-3-7-17)21(27)24-16-18-10-14-25(15-11-18)19-8-4-5-12-22-19/h4-6,8,12,18H,1-3,7,9-11,13-16H2,(H,23,26)(H,24,27). The van der Waals surface area contributed by atoms with Crippen LogP contribution in [0.1, 0.15) is 44.9 Å². The first-order chi connectivity index (χ1) is 13.2. The van der Waals surface area contributed by atoms with E-state index in [0.717, 1.165) is 51.0 Å². The number of nitrogens with one attached hydrogen (secondary N) is 2. The van der Waals surface area contributed by atoms with Gasteiger partial charge < -0.3 is 15.5 Å². The molecule has 2 N–H and O–H groups in total. The summed E-state index contributed by atoms with van der Waals surface area (Å²) in [4.78, 5) is 30.6. The summed E-state index contributed by atoms with van der Waals surface area (Å²) in [5.74, 6) is 0.388. The molecule has 0 aromatic carbocycles. The van der Waals surface area contributed by atoms with Gasteiger partial charge in [-0.15, -0.1) is 0 Å². The summed E-state index contributed by atoms with van der Waals surface area (Å²) in [6, 6.07) is 5.94. The molecule has 0 saturated carbocycles. The minimum absolute atomic E-state index is 0.411. The summed E-state index contributed by atoms with van der Waals surface area (Å²) in [5, 5.41) is 5.53. The SMILES string of the molecule is O=C(NCCC1=CCCCC1)C(=O)NCC1CCN(c2ccccn2)CC1. The van der Waals surface area contributed by atoms with Gasteiger partial charge in [0.2, 0.25) is 0 Å². The zero-order chi connectivity index (χ0) is 18.9. The molecule has 1 saturated heterocycles. The average Bonchev–Trinajstić information content (AvgIpc) is 2.73. The fourth-order valence-corrected chi connectivity index (χ4v) is 3.77.